The molecule has 0 atom stereocenters. The minimum atomic E-state index is -0.227. The van der Waals surface area contributed by atoms with E-state index in [1.54, 1.807) is 25.3 Å². The Morgan fingerprint density at radius 2 is 2.30 bits per heavy atom. The molecule has 1 amide bonds. The van der Waals surface area contributed by atoms with Crippen molar-refractivity contribution in [3.05, 3.63) is 44.9 Å². The second-order valence-corrected chi connectivity index (χ2v) is 5.77. The van der Waals surface area contributed by atoms with Crippen LogP contribution in [0.4, 0.5) is 5.82 Å². The Morgan fingerprint density at radius 3 is 2.95 bits per heavy atom. The first-order chi connectivity index (χ1) is 9.52. The van der Waals surface area contributed by atoms with E-state index >= 15 is 0 Å². The van der Waals surface area contributed by atoms with E-state index in [1.807, 2.05) is 0 Å². The van der Waals surface area contributed by atoms with E-state index in [-0.39, 0.29) is 17.2 Å². The molecule has 20 heavy (non-hydrogen) atoms. The van der Waals surface area contributed by atoms with Gasteiger partial charge in [0.25, 0.3) is 5.56 Å². The van der Waals surface area contributed by atoms with E-state index in [0.29, 0.717) is 16.7 Å². The molecule has 104 valence electrons. The van der Waals surface area contributed by atoms with Crippen LogP contribution in [-0.4, -0.2) is 26.6 Å². The molecule has 0 unspecified atom stereocenters. The first-order valence-electron chi connectivity index (χ1n) is 5.65. The number of hydrogen-bond acceptors (Lipinski definition) is 5. The highest BCUT2D eigenvalue weighted by Gasteiger charge is 2.06. The summed E-state index contributed by atoms with van der Waals surface area (Å²) in [4.78, 5) is 33.7. The molecule has 0 fully saturated rings. The van der Waals surface area contributed by atoms with Crippen molar-refractivity contribution in [2.45, 2.75) is 12.1 Å². The Labute approximate surface area is 127 Å². The lowest BCUT2D eigenvalue weighted by Gasteiger charge is -2.04. The van der Waals surface area contributed by atoms with Crippen molar-refractivity contribution < 1.29 is 4.79 Å². The Bertz CT molecular complexity index is 672. The number of amides is 1. The number of nitrogens with zero attached hydrogens (tertiary/aromatic N) is 2. The maximum Gasteiger partial charge on any atom is 0.251 e. The second-order valence-electron chi connectivity index (χ2n) is 3.89. The molecule has 8 heteroatoms. The molecule has 2 heterocycles. The van der Waals surface area contributed by atoms with Gasteiger partial charge in [-0.1, -0.05) is 11.8 Å². The number of carbonyl (C=O) groups excluding carboxylic acids is 1. The number of halogens is 1. The lowest BCUT2D eigenvalue weighted by Crippen LogP contribution is -2.16. The summed E-state index contributed by atoms with van der Waals surface area (Å²) in [5.74, 6) is 0.405. The van der Waals surface area contributed by atoms with Crippen LogP contribution in [0.15, 0.2) is 38.8 Å². The summed E-state index contributed by atoms with van der Waals surface area (Å²) in [6.45, 7) is 1.73. The second kappa shape index (κ2) is 6.67. The maximum atomic E-state index is 11.7. The number of pyridine rings is 1. The van der Waals surface area contributed by atoms with Crippen LogP contribution < -0.4 is 10.9 Å². The smallest absolute Gasteiger partial charge is 0.251 e. The van der Waals surface area contributed by atoms with Crippen molar-refractivity contribution in [2.75, 3.05) is 11.1 Å². The van der Waals surface area contributed by atoms with Crippen LogP contribution in [0.3, 0.4) is 0 Å². The Kier molecular flexibility index (Phi) is 4.91. The topological polar surface area (TPSA) is 87.7 Å². The standard InChI is InChI=1S/C12H11BrN4O2S/c1-7-4-10(18)17-12(15-7)20-6-11(19)16-9-3-2-8(13)5-14-9/h2-5H,6H2,1H3,(H,14,16,19)(H,15,17,18). The number of carbonyl (C=O) groups is 1. The number of thioether (sulfide) groups is 1. The predicted molar refractivity (Wildman–Crippen MR) is 80.9 cm³/mol. The number of H-pyrrole nitrogens is 1. The summed E-state index contributed by atoms with van der Waals surface area (Å²) in [6.07, 6.45) is 1.60. The van der Waals surface area contributed by atoms with E-state index in [2.05, 4.69) is 36.2 Å². The third kappa shape index (κ3) is 4.46. The first kappa shape index (κ1) is 14.7. The number of aromatic nitrogens is 3. The third-order valence-corrected chi connectivity index (χ3v) is 3.53. The number of nitrogens with one attached hydrogen (secondary N) is 2. The van der Waals surface area contributed by atoms with E-state index in [1.165, 1.54) is 6.07 Å². The van der Waals surface area contributed by atoms with Crippen molar-refractivity contribution in [1.82, 2.24) is 15.0 Å². The van der Waals surface area contributed by atoms with Crippen LogP contribution in [0.25, 0.3) is 0 Å². The van der Waals surface area contributed by atoms with Crippen LogP contribution in [-0.2, 0) is 4.79 Å². The molecule has 0 saturated carbocycles. The zero-order chi connectivity index (χ0) is 14.5. The lowest BCUT2D eigenvalue weighted by atomic mass is 10.4. The number of rotatable bonds is 4. The van der Waals surface area contributed by atoms with Crippen molar-refractivity contribution in [1.29, 1.82) is 0 Å². The van der Waals surface area contributed by atoms with Gasteiger partial charge in [-0.25, -0.2) is 9.97 Å². The average molecular weight is 355 g/mol. The third-order valence-electron chi connectivity index (χ3n) is 2.18. The molecular weight excluding hydrogens is 344 g/mol. The van der Waals surface area contributed by atoms with Crippen molar-refractivity contribution >= 4 is 39.4 Å². The molecule has 0 aliphatic rings. The van der Waals surface area contributed by atoms with Gasteiger partial charge in [0.1, 0.15) is 5.82 Å². The number of aryl methyl sites for hydroxylation is 1. The minimum Gasteiger partial charge on any atom is -0.310 e. The molecule has 0 radical (unpaired) electrons. The summed E-state index contributed by atoms with van der Waals surface area (Å²) in [5, 5.41) is 3.08. The summed E-state index contributed by atoms with van der Waals surface area (Å²) < 4.78 is 0.839. The fourth-order valence-electron chi connectivity index (χ4n) is 1.38. The monoisotopic (exact) mass is 354 g/mol. The minimum absolute atomic E-state index is 0.143. The van der Waals surface area contributed by atoms with E-state index < -0.39 is 0 Å². The number of aromatic amines is 1. The number of hydrogen-bond donors (Lipinski definition) is 2. The van der Waals surface area contributed by atoms with Gasteiger partial charge in [-0.2, -0.15) is 0 Å². The zero-order valence-electron chi connectivity index (χ0n) is 10.5. The summed E-state index contributed by atoms with van der Waals surface area (Å²) >= 11 is 4.43. The van der Waals surface area contributed by atoms with Crippen molar-refractivity contribution in [3.63, 3.8) is 0 Å². The number of anilines is 1. The van der Waals surface area contributed by atoms with Gasteiger partial charge in [0.05, 0.1) is 5.75 Å². The normalized spacial score (nSPS) is 10.3. The van der Waals surface area contributed by atoms with Crippen LogP contribution in [0, 0.1) is 6.92 Å². The highest BCUT2D eigenvalue weighted by Crippen LogP contribution is 2.13. The van der Waals surface area contributed by atoms with E-state index in [0.717, 1.165) is 16.2 Å². The van der Waals surface area contributed by atoms with Gasteiger partial charge in [-0.15, -0.1) is 0 Å². The van der Waals surface area contributed by atoms with Gasteiger partial charge in [0, 0.05) is 22.4 Å². The van der Waals surface area contributed by atoms with Gasteiger partial charge in [0.2, 0.25) is 5.91 Å². The lowest BCUT2D eigenvalue weighted by molar-refractivity contribution is -0.113. The largest absolute Gasteiger partial charge is 0.310 e. The molecule has 0 aliphatic carbocycles. The van der Waals surface area contributed by atoms with E-state index in [9.17, 15) is 9.59 Å². The van der Waals surface area contributed by atoms with Crippen molar-refractivity contribution in [2.24, 2.45) is 0 Å². The molecule has 0 saturated heterocycles. The molecule has 6 nitrogen and oxygen atoms in total. The van der Waals surface area contributed by atoms with Crippen LogP contribution in [0.5, 0.6) is 0 Å². The van der Waals surface area contributed by atoms with Crippen LogP contribution >= 0.6 is 27.7 Å². The summed E-state index contributed by atoms with van der Waals surface area (Å²) in [6, 6.07) is 4.88. The van der Waals surface area contributed by atoms with Gasteiger partial charge < -0.3 is 10.3 Å². The highest BCUT2D eigenvalue weighted by molar-refractivity contribution is 9.10. The molecule has 2 rings (SSSR count). The van der Waals surface area contributed by atoms with E-state index in [4.69, 9.17) is 0 Å². The highest BCUT2D eigenvalue weighted by atomic mass is 79.9. The molecular formula is C12H11BrN4O2S. The maximum absolute atomic E-state index is 11.7. The fraction of sp³-hybridized carbons (Fsp3) is 0.167. The van der Waals surface area contributed by atoms with Crippen LogP contribution in [0.2, 0.25) is 0 Å². The molecule has 0 bridgehead atoms. The molecule has 0 aliphatic heterocycles. The fourth-order valence-corrected chi connectivity index (χ4v) is 2.34. The summed E-state index contributed by atoms with van der Waals surface area (Å²) in [5.41, 5.74) is 0.390. The first-order valence-corrected chi connectivity index (χ1v) is 7.43. The molecule has 2 aromatic heterocycles. The molecule has 0 spiro atoms. The molecule has 2 N–H and O–H groups in total. The van der Waals surface area contributed by atoms with Crippen LogP contribution in [0.1, 0.15) is 5.69 Å². The van der Waals surface area contributed by atoms with Gasteiger partial charge in [-0.05, 0) is 35.0 Å². The van der Waals surface area contributed by atoms with Gasteiger partial charge in [-0.3, -0.25) is 9.59 Å². The van der Waals surface area contributed by atoms with Gasteiger partial charge in [0.15, 0.2) is 5.16 Å². The zero-order valence-corrected chi connectivity index (χ0v) is 12.9. The quantitative estimate of drug-likeness (QED) is 0.647. The Morgan fingerprint density at radius 1 is 1.50 bits per heavy atom. The molecule has 0 aromatic carbocycles. The van der Waals surface area contributed by atoms with Crippen molar-refractivity contribution in [3.8, 4) is 0 Å². The Hall–Kier alpha value is -1.67. The predicted octanol–water partition coefficient (Wildman–Crippen LogP) is 1.97. The Balaban J connectivity index is 1.92. The SMILES string of the molecule is Cc1cc(=O)[nH]c(SCC(=O)Nc2ccc(Br)cn2)n1. The van der Waals surface area contributed by atoms with Gasteiger partial charge >= 0.3 is 0 Å². The summed E-state index contributed by atoms with van der Waals surface area (Å²) in [7, 11) is 0. The average Bonchev–Trinajstić information content (AvgIpc) is 2.38. The molecule has 2 aromatic rings.